The summed E-state index contributed by atoms with van der Waals surface area (Å²) in [6, 6.07) is 11.4. The van der Waals surface area contributed by atoms with E-state index in [0.29, 0.717) is 6.04 Å². The third kappa shape index (κ3) is 2.07. The molecule has 0 aliphatic carbocycles. The van der Waals surface area contributed by atoms with Crippen LogP contribution in [-0.4, -0.2) is 29.9 Å². The molecule has 0 bridgehead atoms. The van der Waals surface area contributed by atoms with Gasteiger partial charge in [0.25, 0.3) is 0 Å². The molecule has 0 radical (unpaired) electrons. The Morgan fingerprint density at radius 1 is 1.28 bits per heavy atom. The first kappa shape index (κ1) is 11.5. The van der Waals surface area contributed by atoms with Gasteiger partial charge in [-0.2, -0.15) is 0 Å². The van der Waals surface area contributed by atoms with Crippen molar-refractivity contribution in [2.75, 3.05) is 13.1 Å². The summed E-state index contributed by atoms with van der Waals surface area (Å²) in [6.07, 6.45) is 5.82. The lowest BCUT2D eigenvalue weighted by atomic mass is 9.95. The van der Waals surface area contributed by atoms with Crippen LogP contribution in [-0.2, 0) is 6.42 Å². The summed E-state index contributed by atoms with van der Waals surface area (Å²) in [7, 11) is 0. The predicted octanol–water partition coefficient (Wildman–Crippen LogP) is 3.05. The van der Waals surface area contributed by atoms with E-state index < -0.39 is 0 Å². The smallest absolute Gasteiger partial charge is 0.127 e. The van der Waals surface area contributed by atoms with Crippen molar-refractivity contribution in [3.8, 4) is 0 Å². The lowest BCUT2D eigenvalue weighted by molar-refractivity contribution is 0.320. The monoisotopic (exact) mass is 240 g/mol. The average molecular weight is 240 g/mol. The van der Waals surface area contributed by atoms with Crippen LogP contribution in [0.2, 0.25) is 0 Å². The van der Waals surface area contributed by atoms with Gasteiger partial charge in [-0.05, 0) is 24.0 Å². The lowest BCUT2D eigenvalue weighted by Gasteiger charge is -2.34. The molecule has 2 nitrogen and oxygen atoms in total. The standard InChI is InChI=1S/C16H20N2/c1-2-15-9-8-14(16-17-10-11-18(15)16)12-13-6-4-3-5-7-13/h3-8,15H,2,9-12H2,1H3. The second-order valence-corrected chi connectivity index (χ2v) is 5.09. The van der Waals surface area contributed by atoms with Gasteiger partial charge >= 0.3 is 0 Å². The number of rotatable bonds is 3. The average Bonchev–Trinajstić information content (AvgIpc) is 2.90. The quantitative estimate of drug-likeness (QED) is 0.793. The summed E-state index contributed by atoms with van der Waals surface area (Å²) in [5.41, 5.74) is 2.80. The van der Waals surface area contributed by atoms with Crippen LogP contribution in [0.1, 0.15) is 25.3 Å². The van der Waals surface area contributed by atoms with Gasteiger partial charge in [0.1, 0.15) is 5.84 Å². The normalized spacial score (nSPS) is 22.5. The van der Waals surface area contributed by atoms with Gasteiger partial charge in [0.2, 0.25) is 0 Å². The Labute approximate surface area is 109 Å². The Kier molecular flexibility index (Phi) is 3.18. The minimum absolute atomic E-state index is 0.672. The number of amidine groups is 1. The van der Waals surface area contributed by atoms with Crippen molar-refractivity contribution in [1.82, 2.24) is 4.90 Å². The second-order valence-electron chi connectivity index (χ2n) is 5.09. The van der Waals surface area contributed by atoms with Gasteiger partial charge in [-0.3, -0.25) is 4.99 Å². The summed E-state index contributed by atoms with van der Waals surface area (Å²) in [5.74, 6) is 1.26. The molecule has 2 aliphatic heterocycles. The minimum atomic E-state index is 0.672. The van der Waals surface area contributed by atoms with Crippen LogP contribution in [0, 0.1) is 0 Å². The molecule has 18 heavy (non-hydrogen) atoms. The van der Waals surface area contributed by atoms with Gasteiger partial charge in [-0.15, -0.1) is 0 Å². The molecule has 0 fully saturated rings. The third-order valence-electron chi connectivity index (χ3n) is 3.95. The first-order chi connectivity index (χ1) is 8.88. The number of fused-ring (bicyclic) bond motifs is 1. The molecule has 94 valence electrons. The van der Waals surface area contributed by atoms with E-state index in [-0.39, 0.29) is 0 Å². The Hall–Kier alpha value is -1.57. The highest BCUT2D eigenvalue weighted by molar-refractivity contribution is 6.00. The molecule has 3 rings (SSSR count). The van der Waals surface area contributed by atoms with Crippen LogP contribution in [0.5, 0.6) is 0 Å². The number of hydrogen-bond acceptors (Lipinski definition) is 2. The molecule has 0 aromatic heterocycles. The van der Waals surface area contributed by atoms with Crippen LogP contribution >= 0.6 is 0 Å². The highest BCUT2D eigenvalue weighted by atomic mass is 15.3. The zero-order chi connectivity index (χ0) is 12.4. The predicted molar refractivity (Wildman–Crippen MR) is 75.9 cm³/mol. The van der Waals surface area contributed by atoms with Gasteiger partial charge in [0, 0.05) is 19.0 Å². The van der Waals surface area contributed by atoms with E-state index >= 15 is 0 Å². The fourth-order valence-electron chi connectivity index (χ4n) is 2.95. The van der Waals surface area contributed by atoms with Crippen LogP contribution in [0.3, 0.4) is 0 Å². The number of nitrogens with zero attached hydrogens (tertiary/aromatic N) is 2. The van der Waals surface area contributed by atoms with Crippen LogP contribution in [0.25, 0.3) is 0 Å². The van der Waals surface area contributed by atoms with Crippen LogP contribution in [0.4, 0.5) is 0 Å². The van der Waals surface area contributed by atoms with Gasteiger partial charge in [0.05, 0.1) is 6.54 Å². The summed E-state index contributed by atoms with van der Waals surface area (Å²) in [6.45, 7) is 4.36. The van der Waals surface area contributed by atoms with E-state index in [4.69, 9.17) is 4.99 Å². The first-order valence-corrected chi connectivity index (χ1v) is 6.93. The highest BCUT2D eigenvalue weighted by Crippen LogP contribution is 2.26. The maximum absolute atomic E-state index is 4.71. The molecule has 1 unspecified atom stereocenters. The Morgan fingerprint density at radius 3 is 2.89 bits per heavy atom. The van der Waals surface area contributed by atoms with E-state index in [1.54, 1.807) is 0 Å². The molecule has 0 N–H and O–H groups in total. The molecule has 0 amide bonds. The molecule has 1 aromatic rings. The van der Waals surface area contributed by atoms with Crippen molar-refractivity contribution in [3.05, 3.63) is 47.5 Å². The van der Waals surface area contributed by atoms with Gasteiger partial charge < -0.3 is 4.90 Å². The lowest BCUT2D eigenvalue weighted by Crippen LogP contribution is -2.41. The number of aliphatic imine (C=N–C) groups is 1. The van der Waals surface area contributed by atoms with E-state index in [0.717, 1.165) is 19.5 Å². The molecule has 0 saturated carbocycles. The molecule has 2 heterocycles. The summed E-state index contributed by atoms with van der Waals surface area (Å²) < 4.78 is 0. The van der Waals surface area contributed by atoms with Crippen molar-refractivity contribution in [1.29, 1.82) is 0 Å². The van der Waals surface area contributed by atoms with Crippen LogP contribution in [0.15, 0.2) is 47.0 Å². The van der Waals surface area contributed by atoms with Crippen molar-refractivity contribution < 1.29 is 0 Å². The van der Waals surface area contributed by atoms with Crippen molar-refractivity contribution >= 4 is 5.84 Å². The summed E-state index contributed by atoms with van der Waals surface area (Å²) in [4.78, 5) is 7.22. The van der Waals surface area contributed by atoms with Crippen molar-refractivity contribution in [2.45, 2.75) is 32.2 Å². The van der Waals surface area contributed by atoms with Gasteiger partial charge in [0.15, 0.2) is 0 Å². The molecule has 1 aromatic carbocycles. The van der Waals surface area contributed by atoms with E-state index in [2.05, 4.69) is 48.2 Å². The molecule has 2 aliphatic rings. The highest BCUT2D eigenvalue weighted by Gasteiger charge is 2.29. The zero-order valence-electron chi connectivity index (χ0n) is 11.0. The van der Waals surface area contributed by atoms with E-state index in [1.807, 2.05) is 0 Å². The Morgan fingerprint density at radius 2 is 2.11 bits per heavy atom. The summed E-state index contributed by atoms with van der Waals surface area (Å²) >= 11 is 0. The largest absolute Gasteiger partial charge is 0.352 e. The van der Waals surface area contributed by atoms with E-state index in [1.165, 1.54) is 29.8 Å². The zero-order valence-corrected chi connectivity index (χ0v) is 11.0. The molecular formula is C16H20N2. The molecular weight excluding hydrogens is 220 g/mol. The third-order valence-corrected chi connectivity index (χ3v) is 3.95. The topological polar surface area (TPSA) is 15.6 Å². The van der Waals surface area contributed by atoms with Gasteiger partial charge in [-0.1, -0.05) is 43.3 Å². The molecule has 0 spiro atoms. The first-order valence-electron chi connectivity index (χ1n) is 6.93. The number of hydrogen-bond donors (Lipinski definition) is 0. The molecule has 1 atom stereocenters. The minimum Gasteiger partial charge on any atom is -0.352 e. The second kappa shape index (κ2) is 4.97. The molecule has 0 saturated heterocycles. The van der Waals surface area contributed by atoms with Crippen LogP contribution < -0.4 is 0 Å². The summed E-state index contributed by atoms with van der Waals surface area (Å²) in [5, 5.41) is 0. The molecule has 2 heteroatoms. The fourth-order valence-corrected chi connectivity index (χ4v) is 2.95. The number of benzene rings is 1. The SMILES string of the molecule is CCC1CC=C(Cc2ccccc2)C2=NCCN21. The van der Waals surface area contributed by atoms with Crippen molar-refractivity contribution in [3.63, 3.8) is 0 Å². The van der Waals surface area contributed by atoms with Crippen molar-refractivity contribution in [2.24, 2.45) is 4.99 Å². The Bertz CT molecular complexity index is 473. The maximum atomic E-state index is 4.71. The van der Waals surface area contributed by atoms with Gasteiger partial charge in [-0.25, -0.2) is 0 Å². The Balaban J connectivity index is 1.82. The fraction of sp³-hybridized carbons (Fsp3) is 0.438. The van der Waals surface area contributed by atoms with E-state index in [9.17, 15) is 0 Å². The maximum Gasteiger partial charge on any atom is 0.127 e.